The number of rotatable bonds is 6. The second-order valence-corrected chi connectivity index (χ2v) is 6.40. The van der Waals surface area contributed by atoms with Gasteiger partial charge in [-0.2, -0.15) is 0 Å². The van der Waals surface area contributed by atoms with Crippen LogP contribution in [0.2, 0.25) is 0 Å². The summed E-state index contributed by atoms with van der Waals surface area (Å²) in [4.78, 5) is 23.0. The fourth-order valence-electron chi connectivity index (χ4n) is 3.49. The lowest BCUT2D eigenvalue weighted by atomic mass is 10.1. The van der Waals surface area contributed by atoms with Gasteiger partial charge < -0.3 is 14.5 Å². The first kappa shape index (κ1) is 16.2. The molecule has 2 aliphatic rings. The molecule has 1 atom stereocenters. The third kappa shape index (κ3) is 4.20. The summed E-state index contributed by atoms with van der Waals surface area (Å²) in [5.41, 5.74) is 1.20. The minimum Gasteiger partial charge on any atom is -0.383 e. The highest BCUT2D eigenvalue weighted by molar-refractivity contribution is 5.78. The van der Waals surface area contributed by atoms with E-state index in [-0.39, 0.29) is 5.91 Å². The number of nitrogens with zero attached hydrogens (tertiary/aromatic N) is 4. The standard InChI is InChI=1S/C17H26N4O2/c1-23-10-9-21-14-15(11-17(21)22)13-19-5-7-20(8-6-19)16-3-2-4-18-12-16/h2-4,12,15H,5-11,13-14H2,1H3/t15-/m0/s1. The molecule has 1 aromatic heterocycles. The van der Waals surface area contributed by atoms with Crippen LogP contribution in [-0.2, 0) is 9.53 Å². The van der Waals surface area contributed by atoms with Crippen molar-refractivity contribution >= 4 is 11.6 Å². The fraction of sp³-hybridized carbons (Fsp3) is 0.647. The number of piperazine rings is 1. The summed E-state index contributed by atoms with van der Waals surface area (Å²) in [5.74, 6) is 0.741. The maximum Gasteiger partial charge on any atom is 0.223 e. The minimum atomic E-state index is 0.279. The summed E-state index contributed by atoms with van der Waals surface area (Å²) >= 11 is 0. The molecule has 0 spiro atoms. The van der Waals surface area contributed by atoms with E-state index < -0.39 is 0 Å². The Kier molecular flexibility index (Phi) is 5.46. The van der Waals surface area contributed by atoms with Crippen LogP contribution in [0.25, 0.3) is 0 Å². The van der Waals surface area contributed by atoms with Gasteiger partial charge in [0.1, 0.15) is 0 Å². The molecular formula is C17H26N4O2. The zero-order valence-electron chi connectivity index (χ0n) is 13.9. The Labute approximate surface area is 138 Å². The predicted molar refractivity (Wildman–Crippen MR) is 89.5 cm³/mol. The highest BCUT2D eigenvalue weighted by Gasteiger charge is 2.31. The van der Waals surface area contributed by atoms with E-state index in [2.05, 4.69) is 20.9 Å². The van der Waals surface area contributed by atoms with Gasteiger partial charge in [-0.05, 0) is 18.1 Å². The number of anilines is 1. The molecule has 23 heavy (non-hydrogen) atoms. The SMILES string of the molecule is COCCN1C[C@H](CN2CCN(c3cccnc3)CC2)CC1=O. The van der Waals surface area contributed by atoms with E-state index in [1.807, 2.05) is 23.4 Å². The van der Waals surface area contributed by atoms with Gasteiger partial charge in [-0.1, -0.05) is 0 Å². The van der Waals surface area contributed by atoms with Crippen LogP contribution in [0.5, 0.6) is 0 Å². The van der Waals surface area contributed by atoms with Gasteiger partial charge in [0.15, 0.2) is 0 Å². The summed E-state index contributed by atoms with van der Waals surface area (Å²) in [6.45, 7) is 7.42. The molecule has 6 heteroatoms. The number of likely N-dealkylation sites (tertiary alicyclic amines) is 1. The highest BCUT2D eigenvalue weighted by Crippen LogP contribution is 2.20. The molecule has 0 unspecified atom stereocenters. The molecule has 2 fully saturated rings. The molecule has 3 rings (SSSR count). The van der Waals surface area contributed by atoms with Crippen molar-refractivity contribution in [1.82, 2.24) is 14.8 Å². The minimum absolute atomic E-state index is 0.279. The number of hydrogen-bond acceptors (Lipinski definition) is 5. The smallest absolute Gasteiger partial charge is 0.223 e. The molecule has 0 radical (unpaired) electrons. The summed E-state index contributed by atoms with van der Waals surface area (Å²) in [6.07, 6.45) is 4.43. The number of amides is 1. The number of ether oxygens (including phenoxy) is 1. The lowest BCUT2D eigenvalue weighted by Gasteiger charge is -2.36. The molecule has 0 aromatic carbocycles. The number of methoxy groups -OCH3 is 1. The third-order valence-corrected chi connectivity index (χ3v) is 4.76. The van der Waals surface area contributed by atoms with Crippen LogP contribution in [0.15, 0.2) is 24.5 Å². The van der Waals surface area contributed by atoms with E-state index in [9.17, 15) is 4.79 Å². The molecule has 2 aliphatic heterocycles. The van der Waals surface area contributed by atoms with E-state index >= 15 is 0 Å². The number of carbonyl (C=O) groups excluding carboxylic acids is 1. The summed E-state index contributed by atoms with van der Waals surface area (Å²) in [5, 5.41) is 0. The van der Waals surface area contributed by atoms with Gasteiger partial charge in [-0.25, -0.2) is 0 Å². The topological polar surface area (TPSA) is 48.9 Å². The van der Waals surface area contributed by atoms with Gasteiger partial charge >= 0.3 is 0 Å². The molecule has 1 amide bonds. The molecule has 0 saturated carbocycles. The van der Waals surface area contributed by atoms with Crippen LogP contribution in [0.4, 0.5) is 5.69 Å². The van der Waals surface area contributed by atoms with Crippen molar-refractivity contribution in [2.24, 2.45) is 5.92 Å². The van der Waals surface area contributed by atoms with Crippen molar-refractivity contribution in [2.45, 2.75) is 6.42 Å². The van der Waals surface area contributed by atoms with E-state index in [1.54, 1.807) is 7.11 Å². The predicted octanol–water partition coefficient (Wildman–Crippen LogP) is 0.699. The lowest BCUT2D eigenvalue weighted by Crippen LogP contribution is -2.48. The van der Waals surface area contributed by atoms with Gasteiger partial charge in [-0.15, -0.1) is 0 Å². The molecule has 2 saturated heterocycles. The van der Waals surface area contributed by atoms with Crippen LogP contribution in [0.3, 0.4) is 0 Å². The normalized spacial score (nSPS) is 22.8. The molecular weight excluding hydrogens is 292 g/mol. The van der Waals surface area contributed by atoms with Crippen LogP contribution in [0.1, 0.15) is 6.42 Å². The fourth-order valence-corrected chi connectivity index (χ4v) is 3.49. The van der Waals surface area contributed by atoms with Crippen LogP contribution in [0, 0.1) is 5.92 Å². The van der Waals surface area contributed by atoms with Crippen molar-refractivity contribution in [3.63, 3.8) is 0 Å². The number of aromatic nitrogens is 1. The summed E-state index contributed by atoms with van der Waals surface area (Å²) < 4.78 is 5.08. The van der Waals surface area contributed by atoms with Gasteiger partial charge in [-0.3, -0.25) is 14.7 Å². The second kappa shape index (κ2) is 7.75. The second-order valence-electron chi connectivity index (χ2n) is 6.40. The maximum absolute atomic E-state index is 12.0. The quantitative estimate of drug-likeness (QED) is 0.773. The highest BCUT2D eigenvalue weighted by atomic mass is 16.5. The van der Waals surface area contributed by atoms with Crippen molar-refractivity contribution in [1.29, 1.82) is 0 Å². The Morgan fingerprint density at radius 1 is 1.30 bits per heavy atom. The third-order valence-electron chi connectivity index (χ3n) is 4.76. The Balaban J connectivity index is 1.43. The number of hydrogen-bond donors (Lipinski definition) is 0. The Bertz CT molecular complexity index is 503. The molecule has 6 nitrogen and oxygen atoms in total. The van der Waals surface area contributed by atoms with Crippen LogP contribution in [-0.4, -0.2) is 80.2 Å². The first-order valence-corrected chi connectivity index (χ1v) is 8.40. The van der Waals surface area contributed by atoms with E-state index in [0.717, 1.165) is 45.8 Å². The lowest BCUT2D eigenvalue weighted by molar-refractivity contribution is -0.128. The molecule has 0 N–H and O–H groups in total. The zero-order valence-corrected chi connectivity index (χ0v) is 13.9. The Hall–Kier alpha value is -1.66. The molecule has 1 aromatic rings. The number of carbonyl (C=O) groups is 1. The molecule has 0 bridgehead atoms. The van der Waals surface area contributed by atoms with Crippen molar-refractivity contribution in [3.8, 4) is 0 Å². The van der Waals surface area contributed by atoms with Gasteiger partial charge in [0.05, 0.1) is 18.5 Å². The largest absolute Gasteiger partial charge is 0.383 e. The average molecular weight is 318 g/mol. The van der Waals surface area contributed by atoms with Gasteiger partial charge in [0, 0.05) is 65.5 Å². The Morgan fingerprint density at radius 3 is 2.83 bits per heavy atom. The van der Waals surface area contributed by atoms with Crippen molar-refractivity contribution in [3.05, 3.63) is 24.5 Å². The Morgan fingerprint density at radius 2 is 2.13 bits per heavy atom. The van der Waals surface area contributed by atoms with Gasteiger partial charge in [0.25, 0.3) is 0 Å². The molecule has 0 aliphatic carbocycles. The summed E-state index contributed by atoms with van der Waals surface area (Å²) in [7, 11) is 1.68. The van der Waals surface area contributed by atoms with Crippen LogP contribution < -0.4 is 4.90 Å². The van der Waals surface area contributed by atoms with Crippen LogP contribution >= 0.6 is 0 Å². The van der Waals surface area contributed by atoms with E-state index in [0.29, 0.717) is 18.9 Å². The van der Waals surface area contributed by atoms with Crippen molar-refractivity contribution < 1.29 is 9.53 Å². The number of pyridine rings is 1. The first-order chi connectivity index (χ1) is 11.3. The van der Waals surface area contributed by atoms with E-state index in [1.165, 1.54) is 5.69 Å². The monoisotopic (exact) mass is 318 g/mol. The molecule has 126 valence electrons. The summed E-state index contributed by atoms with van der Waals surface area (Å²) in [6, 6.07) is 4.10. The van der Waals surface area contributed by atoms with Crippen molar-refractivity contribution in [2.75, 3.05) is 64.4 Å². The zero-order chi connectivity index (χ0) is 16.1. The van der Waals surface area contributed by atoms with Gasteiger partial charge in [0.2, 0.25) is 5.91 Å². The molecule has 3 heterocycles. The first-order valence-electron chi connectivity index (χ1n) is 8.40. The van der Waals surface area contributed by atoms with E-state index in [4.69, 9.17) is 4.74 Å². The maximum atomic E-state index is 12.0. The average Bonchev–Trinajstić information content (AvgIpc) is 2.94.